The van der Waals surface area contributed by atoms with Crippen molar-refractivity contribution in [2.45, 2.75) is 52.2 Å². The molecular weight excluding hydrogens is 422 g/mol. The number of ether oxygens (including phenoxy) is 3. The standard InChI is InChI=1S/C24H35N5O4/c1-4-33-21-15-18(5-6-20(21)31-3)16-28-10-7-22-26-27-23(29(22)12-11-28)17(2)25-24(30)19-8-13-32-14-9-19/h5-6,15,17,19H,4,7-14,16H2,1-3H3,(H,25,30)/t17-/m0/s1. The number of nitrogens with zero attached hydrogens (tertiary/aromatic N) is 4. The number of hydrogen-bond acceptors (Lipinski definition) is 7. The van der Waals surface area contributed by atoms with Crippen LogP contribution in [-0.2, 0) is 29.0 Å². The van der Waals surface area contributed by atoms with E-state index < -0.39 is 0 Å². The molecule has 1 saturated heterocycles. The number of nitrogens with one attached hydrogen (secondary N) is 1. The molecule has 1 amide bonds. The summed E-state index contributed by atoms with van der Waals surface area (Å²) < 4.78 is 18.7. The minimum atomic E-state index is -0.177. The molecule has 2 aromatic rings. The molecule has 1 aromatic carbocycles. The second-order valence-corrected chi connectivity index (χ2v) is 8.69. The third-order valence-electron chi connectivity index (χ3n) is 6.42. The van der Waals surface area contributed by atoms with E-state index in [4.69, 9.17) is 14.2 Å². The van der Waals surface area contributed by atoms with Crippen LogP contribution in [0.3, 0.4) is 0 Å². The van der Waals surface area contributed by atoms with Crippen molar-refractivity contribution in [2.24, 2.45) is 5.92 Å². The molecule has 0 radical (unpaired) electrons. The Labute approximate surface area is 195 Å². The van der Waals surface area contributed by atoms with Crippen molar-refractivity contribution in [3.05, 3.63) is 35.4 Å². The number of hydrogen-bond donors (Lipinski definition) is 1. The Balaban J connectivity index is 1.38. The van der Waals surface area contributed by atoms with Gasteiger partial charge < -0.3 is 24.1 Å². The highest BCUT2D eigenvalue weighted by molar-refractivity contribution is 5.79. The SMILES string of the molecule is CCOc1cc(CN2CCc3nnc([C@H](C)NC(=O)C4CCOCC4)n3CC2)ccc1OC. The van der Waals surface area contributed by atoms with Crippen LogP contribution in [0.4, 0.5) is 0 Å². The van der Waals surface area contributed by atoms with Gasteiger partial charge in [-0.2, -0.15) is 0 Å². The predicted octanol–water partition coefficient (Wildman–Crippen LogP) is 2.35. The molecule has 0 aliphatic carbocycles. The van der Waals surface area contributed by atoms with Crippen molar-refractivity contribution in [1.29, 1.82) is 0 Å². The average molecular weight is 458 g/mol. The fourth-order valence-corrected chi connectivity index (χ4v) is 4.57. The summed E-state index contributed by atoms with van der Waals surface area (Å²) in [5, 5.41) is 12.0. The van der Waals surface area contributed by atoms with Crippen molar-refractivity contribution in [1.82, 2.24) is 25.0 Å². The van der Waals surface area contributed by atoms with Crippen molar-refractivity contribution < 1.29 is 19.0 Å². The van der Waals surface area contributed by atoms with Gasteiger partial charge in [0.05, 0.1) is 19.8 Å². The lowest BCUT2D eigenvalue weighted by atomic mass is 9.99. The van der Waals surface area contributed by atoms with E-state index in [1.165, 1.54) is 5.56 Å². The molecule has 1 N–H and O–H groups in total. The van der Waals surface area contributed by atoms with Crippen LogP contribution in [0.25, 0.3) is 0 Å². The van der Waals surface area contributed by atoms with Crippen molar-refractivity contribution in [3.8, 4) is 11.5 Å². The van der Waals surface area contributed by atoms with Gasteiger partial charge in [0.15, 0.2) is 17.3 Å². The highest BCUT2D eigenvalue weighted by Gasteiger charge is 2.26. The highest BCUT2D eigenvalue weighted by atomic mass is 16.5. The van der Waals surface area contributed by atoms with Gasteiger partial charge in [-0.3, -0.25) is 9.69 Å². The number of amides is 1. The van der Waals surface area contributed by atoms with Crippen LogP contribution >= 0.6 is 0 Å². The van der Waals surface area contributed by atoms with Crippen LogP contribution in [-0.4, -0.2) is 65.6 Å². The molecule has 1 fully saturated rings. The highest BCUT2D eigenvalue weighted by Crippen LogP contribution is 2.29. The van der Waals surface area contributed by atoms with E-state index >= 15 is 0 Å². The zero-order valence-electron chi connectivity index (χ0n) is 19.9. The molecule has 2 aliphatic rings. The van der Waals surface area contributed by atoms with E-state index in [1.807, 2.05) is 19.9 Å². The molecule has 180 valence electrons. The maximum Gasteiger partial charge on any atom is 0.223 e. The summed E-state index contributed by atoms with van der Waals surface area (Å²) in [5.74, 6) is 3.45. The first-order valence-electron chi connectivity index (χ1n) is 11.9. The lowest BCUT2D eigenvalue weighted by Crippen LogP contribution is -2.36. The van der Waals surface area contributed by atoms with Gasteiger partial charge >= 0.3 is 0 Å². The lowest BCUT2D eigenvalue weighted by molar-refractivity contribution is -0.128. The predicted molar refractivity (Wildman–Crippen MR) is 123 cm³/mol. The maximum atomic E-state index is 12.7. The quantitative estimate of drug-likeness (QED) is 0.651. The van der Waals surface area contributed by atoms with Crippen LogP contribution in [0.1, 0.15) is 49.9 Å². The summed E-state index contributed by atoms with van der Waals surface area (Å²) in [7, 11) is 1.66. The van der Waals surface area contributed by atoms with E-state index in [1.54, 1.807) is 7.11 Å². The zero-order chi connectivity index (χ0) is 23.2. The monoisotopic (exact) mass is 457 g/mol. The summed E-state index contributed by atoms with van der Waals surface area (Å²) in [6.45, 7) is 9.28. The van der Waals surface area contributed by atoms with Gasteiger partial charge in [0.25, 0.3) is 0 Å². The number of benzene rings is 1. The molecule has 33 heavy (non-hydrogen) atoms. The summed E-state index contributed by atoms with van der Waals surface area (Å²) >= 11 is 0. The molecule has 0 bridgehead atoms. The maximum absolute atomic E-state index is 12.7. The molecule has 4 rings (SSSR count). The third-order valence-corrected chi connectivity index (χ3v) is 6.42. The second-order valence-electron chi connectivity index (χ2n) is 8.69. The topological polar surface area (TPSA) is 90.7 Å². The fraction of sp³-hybridized carbons (Fsp3) is 0.625. The second kappa shape index (κ2) is 11.0. The number of rotatable bonds is 8. The van der Waals surface area contributed by atoms with E-state index in [9.17, 15) is 4.79 Å². The largest absolute Gasteiger partial charge is 0.493 e. The van der Waals surface area contributed by atoms with Gasteiger partial charge in [0, 0.05) is 51.7 Å². The van der Waals surface area contributed by atoms with E-state index in [0.717, 1.165) is 68.6 Å². The van der Waals surface area contributed by atoms with Crippen LogP contribution < -0.4 is 14.8 Å². The molecule has 9 nitrogen and oxygen atoms in total. The molecule has 1 aromatic heterocycles. The van der Waals surface area contributed by atoms with Gasteiger partial charge in [-0.1, -0.05) is 6.07 Å². The summed E-state index contributed by atoms with van der Waals surface area (Å²) in [6.07, 6.45) is 2.38. The Morgan fingerprint density at radius 2 is 2.03 bits per heavy atom. The van der Waals surface area contributed by atoms with Gasteiger partial charge in [-0.15, -0.1) is 10.2 Å². The third kappa shape index (κ3) is 5.65. The number of aromatic nitrogens is 3. The number of carbonyl (C=O) groups excluding carboxylic acids is 1. The Morgan fingerprint density at radius 1 is 1.21 bits per heavy atom. The number of methoxy groups -OCH3 is 1. The first-order chi connectivity index (χ1) is 16.1. The molecule has 3 heterocycles. The summed E-state index contributed by atoms with van der Waals surface area (Å²) in [6, 6.07) is 5.94. The van der Waals surface area contributed by atoms with Crippen LogP contribution in [0.15, 0.2) is 18.2 Å². The Bertz CT molecular complexity index is 941. The number of fused-ring (bicyclic) bond motifs is 1. The minimum absolute atomic E-state index is 0.0225. The molecule has 0 saturated carbocycles. The van der Waals surface area contributed by atoms with E-state index in [2.05, 4.69) is 37.1 Å². The van der Waals surface area contributed by atoms with E-state index in [0.29, 0.717) is 19.8 Å². The van der Waals surface area contributed by atoms with Gasteiger partial charge in [-0.25, -0.2) is 0 Å². The van der Waals surface area contributed by atoms with Gasteiger partial charge in [0.2, 0.25) is 5.91 Å². The van der Waals surface area contributed by atoms with Crippen LogP contribution in [0.2, 0.25) is 0 Å². The summed E-state index contributed by atoms with van der Waals surface area (Å²) in [5.41, 5.74) is 1.19. The Morgan fingerprint density at radius 3 is 2.79 bits per heavy atom. The molecule has 1 atom stereocenters. The van der Waals surface area contributed by atoms with Crippen molar-refractivity contribution in [3.63, 3.8) is 0 Å². The first kappa shape index (κ1) is 23.5. The van der Waals surface area contributed by atoms with Crippen molar-refractivity contribution in [2.75, 3.05) is 40.0 Å². The zero-order valence-corrected chi connectivity index (χ0v) is 19.9. The molecule has 2 aliphatic heterocycles. The molecule has 0 unspecified atom stereocenters. The first-order valence-corrected chi connectivity index (χ1v) is 11.9. The average Bonchev–Trinajstić information content (AvgIpc) is 3.14. The Hall–Kier alpha value is -2.65. The van der Waals surface area contributed by atoms with E-state index in [-0.39, 0.29) is 17.9 Å². The van der Waals surface area contributed by atoms with Crippen LogP contribution in [0, 0.1) is 5.92 Å². The Kier molecular flexibility index (Phi) is 7.82. The van der Waals surface area contributed by atoms with Crippen molar-refractivity contribution >= 4 is 5.91 Å². The number of carbonyl (C=O) groups is 1. The normalized spacial score (nSPS) is 18.3. The smallest absolute Gasteiger partial charge is 0.223 e. The van der Waals surface area contributed by atoms with Gasteiger partial charge in [0.1, 0.15) is 5.82 Å². The van der Waals surface area contributed by atoms with Crippen LogP contribution in [0.5, 0.6) is 11.5 Å². The summed E-state index contributed by atoms with van der Waals surface area (Å²) in [4.78, 5) is 15.1. The fourth-order valence-electron chi connectivity index (χ4n) is 4.57. The lowest BCUT2D eigenvalue weighted by Gasteiger charge is -2.23. The molecule has 9 heteroatoms. The molecular formula is C24H35N5O4. The molecule has 0 spiro atoms. The minimum Gasteiger partial charge on any atom is -0.493 e. The van der Waals surface area contributed by atoms with Gasteiger partial charge in [-0.05, 0) is 44.4 Å².